The van der Waals surface area contributed by atoms with Crippen LogP contribution in [-0.4, -0.2) is 25.3 Å². The molecule has 1 aromatic rings. The van der Waals surface area contributed by atoms with Gasteiger partial charge in [-0.05, 0) is 11.6 Å². The van der Waals surface area contributed by atoms with Gasteiger partial charge in [-0.1, -0.05) is 19.9 Å². The van der Waals surface area contributed by atoms with Gasteiger partial charge in [0.25, 0.3) is 0 Å². The van der Waals surface area contributed by atoms with Gasteiger partial charge in [-0.3, -0.25) is 9.37 Å². The Bertz CT molecular complexity index is 318. The van der Waals surface area contributed by atoms with Gasteiger partial charge >= 0.3 is 6.18 Å². The molecule has 0 radical (unpaired) electrons. The maximum atomic E-state index is 12.1. The van der Waals surface area contributed by atoms with E-state index in [0.717, 1.165) is 24.7 Å². The molecule has 1 aliphatic rings. The molecule has 0 atom stereocenters. The Labute approximate surface area is 104 Å². The van der Waals surface area contributed by atoms with Crippen LogP contribution in [0.15, 0.2) is 18.3 Å². The largest absolute Gasteiger partial charge is 0.433 e. The highest BCUT2D eigenvalue weighted by molar-refractivity contribution is 5.22. The third kappa shape index (κ3) is 4.60. The fraction of sp³-hybridized carbons (Fsp3) is 0.583. The molecule has 18 heavy (non-hydrogen) atoms. The van der Waals surface area contributed by atoms with E-state index < -0.39 is 11.9 Å². The van der Waals surface area contributed by atoms with Crippen molar-refractivity contribution in [2.24, 2.45) is 0 Å². The molecule has 104 valence electrons. The monoisotopic (exact) mass is 266 g/mol. The Kier molecular flexibility index (Phi) is 7.50. The number of aromatic nitrogens is 1. The lowest BCUT2D eigenvalue weighted by atomic mass is 9.95. The smallest absolute Gasteiger partial charge is 0.315 e. The van der Waals surface area contributed by atoms with Gasteiger partial charge in [0.1, 0.15) is 5.69 Å². The lowest BCUT2D eigenvalue weighted by molar-refractivity contribution is -0.141. The van der Waals surface area contributed by atoms with Crippen LogP contribution in [0.3, 0.4) is 0 Å². The van der Waals surface area contributed by atoms with E-state index in [-0.39, 0.29) is 0 Å². The summed E-state index contributed by atoms with van der Waals surface area (Å²) >= 11 is 0. The van der Waals surface area contributed by atoms with Crippen molar-refractivity contribution in [2.45, 2.75) is 25.9 Å². The first-order valence-electron chi connectivity index (χ1n) is 5.69. The van der Waals surface area contributed by atoms with Crippen molar-refractivity contribution >= 4 is 0 Å². The summed E-state index contributed by atoms with van der Waals surface area (Å²) in [5.74, 6) is 0.324. The van der Waals surface area contributed by atoms with E-state index in [4.69, 9.17) is 0 Å². The molecule has 0 unspecified atom stereocenters. The van der Waals surface area contributed by atoms with Gasteiger partial charge in [-0.25, -0.2) is 0 Å². The van der Waals surface area contributed by atoms with Crippen molar-refractivity contribution in [3.63, 3.8) is 0 Å². The minimum absolute atomic E-state index is 0.324. The highest BCUT2D eigenvalue weighted by Crippen LogP contribution is 2.28. The molecule has 6 heteroatoms. The van der Waals surface area contributed by atoms with E-state index in [2.05, 4.69) is 10.3 Å². The number of hydrogen-bond acceptors (Lipinski definition) is 2. The van der Waals surface area contributed by atoms with Crippen LogP contribution in [0.5, 0.6) is 0 Å². The standard InChI is InChI=1S/C9H9F3N2.C2H6.CH3F/c10-9(11,12)8-2-1-6(5-14-8)7-3-13-4-7;2*1-2/h1-2,5,7,13H,3-4H2;1-2H3;1H3. The summed E-state index contributed by atoms with van der Waals surface area (Å²) in [6.45, 7) is 5.65. The third-order valence-corrected chi connectivity index (χ3v) is 2.33. The Morgan fingerprint density at radius 1 is 1.17 bits per heavy atom. The van der Waals surface area contributed by atoms with Gasteiger partial charge in [0.05, 0.1) is 7.18 Å². The number of halogens is 4. The number of hydrogen-bond donors (Lipinski definition) is 1. The van der Waals surface area contributed by atoms with E-state index in [0.29, 0.717) is 13.1 Å². The van der Waals surface area contributed by atoms with Crippen LogP contribution in [0.1, 0.15) is 31.0 Å². The van der Waals surface area contributed by atoms with Crippen molar-refractivity contribution in [3.8, 4) is 0 Å². The molecule has 0 amide bonds. The van der Waals surface area contributed by atoms with Crippen molar-refractivity contribution in [1.29, 1.82) is 0 Å². The molecule has 0 saturated carbocycles. The second kappa shape index (κ2) is 8.02. The fourth-order valence-electron chi connectivity index (χ4n) is 1.34. The second-order valence-electron chi connectivity index (χ2n) is 3.33. The van der Waals surface area contributed by atoms with E-state index in [1.807, 2.05) is 13.8 Å². The minimum Gasteiger partial charge on any atom is -0.315 e. The normalized spacial score (nSPS) is 14.6. The van der Waals surface area contributed by atoms with E-state index in [1.165, 1.54) is 12.3 Å². The Morgan fingerprint density at radius 3 is 2.00 bits per heavy atom. The summed E-state index contributed by atoms with van der Waals surface area (Å²) < 4.78 is 45.9. The maximum Gasteiger partial charge on any atom is 0.433 e. The Balaban J connectivity index is 0.000000659. The summed E-state index contributed by atoms with van der Waals surface area (Å²) in [5, 5.41) is 3.05. The molecule has 2 rings (SSSR count). The molecule has 2 heterocycles. The van der Waals surface area contributed by atoms with Crippen molar-refractivity contribution in [3.05, 3.63) is 29.6 Å². The molecule has 1 N–H and O–H groups in total. The van der Waals surface area contributed by atoms with Gasteiger partial charge in [0.15, 0.2) is 0 Å². The zero-order valence-corrected chi connectivity index (χ0v) is 10.7. The first-order chi connectivity index (χ1) is 8.57. The summed E-state index contributed by atoms with van der Waals surface area (Å²) in [5.41, 5.74) is 0.0466. The lowest BCUT2D eigenvalue weighted by Gasteiger charge is -2.27. The van der Waals surface area contributed by atoms with Crippen LogP contribution in [-0.2, 0) is 6.18 Å². The van der Waals surface area contributed by atoms with Gasteiger partial charge in [0.2, 0.25) is 0 Å². The quantitative estimate of drug-likeness (QED) is 0.788. The molecule has 1 saturated heterocycles. The van der Waals surface area contributed by atoms with Crippen molar-refractivity contribution in [1.82, 2.24) is 10.3 Å². The number of alkyl halides is 4. The maximum absolute atomic E-state index is 12.1. The zero-order chi connectivity index (χ0) is 14.2. The average molecular weight is 266 g/mol. The van der Waals surface area contributed by atoms with Crippen molar-refractivity contribution in [2.75, 3.05) is 20.3 Å². The van der Waals surface area contributed by atoms with E-state index in [9.17, 15) is 17.6 Å². The average Bonchev–Trinajstić information content (AvgIpc) is 2.32. The molecular formula is C12H18F4N2. The van der Waals surface area contributed by atoms with E-state index in [1.54, 1.807) is 0 Å². The van der Waals surface area contributed by atoms with E-state index >= 15 is 0 Å². The predicted octanol–water partition coefficient (Wildman–Crippen LogP) is 3.40. The molecule has 1 aliphatic heterocycles. The highest BCUT2D eigenvalue weighted by atomic mass is 19.4. The zero-order valence-electron chi connectivity index (χ0n) is 10.7. The van der Waals surface area contributed by atoms with Crippen LogP contribution in [0, 0.1) is 0 Å². The number of nitrogens with zero attached hydrogens (tertiary/aromatic N) is 1. The van der Waals surface area contributed by atoms with Crippen LogP contribution in [0.4, 0.5) is 17.6 Å². The van der Waals surface area contributed by atoms with Crippen LogP contribution >= 0.6 is 0 Å². The summed E-state index contributed by atoms with van der Waals surface area (Å²) in [7, 11) is 0.500. The third-order valence-electron chi connectivity index (χ3n) is 2.33. The topological polar surface area (TPSA) is 24.9 Å². The molecule has 2 nitrogen and oxygen atoms in total. The lowest BCUT2D eigenvalue weighted by Crippen LogP contribution is -2.39. The summed E-state index contributed by atoms with van der Waals surface area (Å²) in [6, 6.07) is 2.54. The van der Waals surface area contributed by atoms with Gasteiger partial charge in [-0.15, -0.1) is 0 Å². The fourth-order valence-corrected chi connectivity index (χ4v) is 1.34. The summed E-state index contributed by atoms with van der Waals surface area (Å²) in [4.78, 5) is 3.40. The molecular weight excluding hydrogens is 248 g/mol. The number of rotatable bonds is 1. The van der Waals surface area contributed by atoms with Gasteiger partial charge in [-0.2, -0.15) is 13.2 Å². The molecule has 0 aromatic carbocycles. The van der Waals surface area contributed by atoms with Crippen LogP contribution in [0.2, 0.25) is 0 Å². The molecule has 0 spiro atoms. The minimum atomic E-state index is -4.34. The number of nitrogens with one attached hydrogen (secondary N) is 1. The molecule has 0 aliphatic carbocycles. The van der Waals surface area contributed by atoms with Gasteiger partial charge < -0.3 is 5.32 Å². The van der Waals surface area contributed by atoms with Crippen molar-refractivity contribution < 1.29 is 17.6 Å². The Morgan fingerprint density at radius 2 is 1.72 bits per heavy atom. The summed E-state index contributed by atoms with van der Waals surface area (Å²) in [6.07, 6.45) is -3.02. The molecule has 1 aromatic heterocycles. The highest BCUT2D eigenvalue weighted by Gasteiger charge is 2.32. The Hall–Kier alpha value is -1.17. The van der Waals surface area contributed by atoms with Gasteiger partial charge in [0, 0.05) is 25.2 Å². The number of pyridine rings is 1. The molecule has 0 bridgehead atoms. The molecule has 1 fully saturated rings. The SMILES string of the molecule is CC.CF.FC(F)(F)c1ccc(C2CNC2)cn1. The first-order valence-corrected chi connectivity index (χ1v) is 5.69. The van der Waals surface area contributed by atoms with Crippen LogP contribution < -0.4 is 5.32 Å². The second-order valence-corrected chi connectivity index (χ2v) is 3.33. The predicted molar refractivity (Wildman–Crippen MR) is 63.2 cm³/mol. The first kappa shape index (κ1) is 16.8. The van der Waals surface area contributed by atoms with Crippen LogP contribution in [0.25, 0.3) is 0 Å².